The van der Waals surface area contributed by atoms with Crippen molar-refractivity contribution in [2.45, 2.75) is 96.8 Å². The van der Waals surface area contributed by atoms with E-state index in [4.69, 9.17) is 5.11 Å². The first kappa shape index (κ1) is 20.9. The third-order valence-electron chi connectivity index (χ3n) is 4.02. The van der Waals surface area contributed by atoms with E-state index in [2.05, 4.69) is 13.5 Å². The van der Waals surface area contributed by atoms with Gasteiger partial charge in [0.25, 0.3) is 0 Å². The Bertz CT molecular complexity index is 321. The number of carbonyl (C=O) groups is 2. The van der Waals surface area contributed by atoms with E-state index in [9.17, 15) is 9.59 Å². The Morgan fingerprint density at radius 3 is 1.73 bits per heavy atom. The number of ketones is 1. The van der Waals surface area contributed by atoms with Gasteiger partial charge in [0.1, 0.15) is 0 Å². The summed E-state index contributed by atoms with van der Waals surface area (Å²) in [4.78, 5) is 22.3. The average molecular weight is 310 g/mol. The van der Waals surface area contributed by atoms with E-state index in [1.165, 1.54) is 32.1 Å². The molecule has 1 N–H and O–H groups in total. The maximum absolute atomic E-state index is 11.9. The van der Waals surface area contributed by atoms with Crippen LogP contribution in [0.2, 0.25) is 0 Å². The highest BCUT2D eigenvalue weighted by molar-refractivity contribution is 5.94. The normalized spacial score (nSPS) is 10.6. The number of carboxylic acid groups (broad SMARTS) is 1. The first-order valence-corrected chi connectivity index (χ1v) is 9.00. The number of rotatable bonds is 16. The second-order valence-corrected chi connectivity index (χ2v) is 6.21. The van der Waals surface area contributed by atoms with Crippen molar-refractivity contribution < 1.29 is 14.7 Å². The number of carboxylic acids is 1. The Balaban J connectivity index is 3.42. The van der Waals surface area contributed by atoms with Crippen LogP contribution in [0.3, 0.4) is 0 Å². The molecule has 0 spiro atoms. The van der Waals surface area contributed by atoms with Crippen molar-refractivity contribution in [1.29, 1.82) is 0 Å². The number of hydrogen-bond donors (Lipinski definition) is 1. The van der Waals surface area contributed by atoms with Gasteiger partial charge in [0, 0.05) is 12.8 Å². The highest BCUT2D eigenvalue weighted by Gasteiger charge is 2.06. The van der Waals surface area contributed by atoms with Gasteiger partial charge in [0.15, 0.2) is 5.78 Å². The van der Waals surface area contributed by atoms with Crippen LogP contribution in [0.25, 0.3) is 0 Å². The van der Waals surface area contributed by atoms with Gasteiger partial charge in [-0.3, -0.25) is 9.59 Å². The molecule has 0 rings (SSSR count). The molecule has 0 aliphatic heterocycles. The van der Waals surface area contributed by atoms with E-state index in [1.807, 2.05) is 0 Å². The maximum atomic E-state index is 11.9. The summed E-state index contributed by atoms with van der Waals surface area (Å²) in [7, 11) is 0. The van der Waals surface area contributed by atoms with Crippen molar-refractivity contribution in [2.24, 2.45) is 0 Å². The Kier molecular flexibility index (Phi) is 14.0. The van der Waals surface area contributed by atoms with Crippen LogP contribution >= 0.6 is 0 Å². The highest BCUT2D eigenvalue weighted by atomic mass is 16.4. The average Bonchev–Trinajstić information content (AvgIpc) is 2.49. The third kappa shape index (κ3) is 13.8. The molecule has 22 heavy (non-hydrogen) atoms. The second-order valence-electron chi connectivity index (χ2n) is 6.21. The molecule has 0 atom stereocenters. The fraction of sp³-hybridized carbons (Fsp3) is 0.789. The molecule has 0 aromatic carbocycles. The zero-order chi connectivity index (χ0) is 16.6. The van der Waals surface area contributed by atoms with Gasteiger partial charge >= 0.3 is 5.97 Å². The molecule has 0 fully saturated rings. The number of unbranched alkanes of at least 4 members (excludes halogenated alkanes) is 9. The van der Waals surface area contributed by atoms with Gasteiger partial charge in [-0.1, -0.05) is 64.9 Å². The number of hydrogen-bond acceptors (Lipinski definition) is 2. The van der Waals surface area contributed by atoms with Crippen molar-refractivity contribution >= 4 is 11.8 Å². The van der Waals surface area contributed by atoms with Gasteiger partial charge in [-0.2, -0.15) is 0 Å². The summed E-state index contributed by atoms with van der Waals surface area (Å²) in [5.41, 5.74) is 0.793. The van der Waals surface area contributed by atoms with Gasteiger partial charge < -0.3 is 5.11 Å². The number of carbonyl (C=O) groups excluding carboxylic acids is 1. The first-order valence-electron chi connectivity index (χ1n) is 9.00. The SMILES string of the molecule is C=C(CCCCCCCC)C(=O)CCCCCCCC(=O)O. The predicted octanol–water partition coefficient (Wildman–Crippen LogP) is 5.68. The summed E-state index contributed by atoms with van der Waals surface area (Å²) >= 11 is 0. The van der Waals surface area contributed by atoms with E-state index < -0.39 is 5.97 Å². The van der Waals surface area contributed by atoms with E-state index in [0.29, 0.717) is 6.42 Å². The maximum Gasteiger partial charge on any atom is 0.303 e. The molecule has 0 aliphatic carbocycles. The summed E-state index contributed by atoms with van der Waals surface area (Å²) in [6, 6.07) is 0. The summed E-state index contributed by atoms with van der Waals surface area (Å²) in [6.07, 6.45) is 13.8. The van der Waals surface area contributed by atoms with Crippen LogP contribution in [0, 0.1) is 0 Å². The van der Waals surface area contributed by atoms with Crippen LogP contribution in [0.1, 0.15) is 96.8 Å². The fourth-order valence-electron chi connectivity index (χ4n) is 2.53. The fourth-order valence-corrected chi connectivity index (χ4v) is 2.53. The molecule has 0 aliphatic rings. The molecule has 0 bridgehead atoms. The molecule has 0 saturated carbocycles. The molecule has 3 heteroatoms. The smallest absolute Gasteiger partial charge is 0.303 e. The van der Waals surface area contributed by atoms with Crippen LogP contribution in [0.5, 0.6) is 0 Å². The van der Waals surface area contributed by atoms with Gasteiger partial charge in [0.2, 0.25) is 0 Å². The zero-order valence-corrected chi connectivity index (χ0v) is 14.4. The van der Waals surface area contributed by atoms with Crippen molar-refractivity contribution in [3.63, 3.8) is 0 Å². The first-order chi connectivity index (χ1) is 10.6. The van der Waals surface area contributed by atoms with Crippen LogP contribution < -0.4 is 0 Å². The number of Topliss-reactive ketones (excluding diaryl/α,β-unsaturated/α-hetero) is 1. The van der Waals surface area contributed by atoms with Gasteiger partial charge in [-0.25, -0.2) is 0 Å². The number of allylic oxidation sites excluding steroid dienone is 1. The minimum absolute atomic E-state index is 0.221. The van der Waals surface area contributed by atoms with E-state index in [-0.39, 0.29) is 12.2 Å². The zero-order valence-electron chi connectivity index (χ0n) is 14.4. The Hall–Kier alpha value is -1.12. The molecular weight excluding hydrogens is 276 g/mol. The lowest BCUT2D eigenvalue weighted by atomic mass is 9.99. The Morgan fingerprint density at radius 2 is 1.18 bits per heavy atom. The molecular formula is C19H34O3. The lowest BCUT2D eigenvalue weighted by molar-refractivity contribution is -0.137. The van der Waals surface area contributed by atoms with E-state index >= 15 is 0 Å². The molecule has 0 saturated heterocycles. The van der Waals surface area contributed by atoms with E-state index in [0.717, 1.165) is 50.5 Å². The summed E-state index contributed by atoms with van der Waals surface area (Å²) in [5.74, 6) is -0.500. The van der Waals surface area contributed by atoms with Crippen molar-refractivity contribution in [3.05, 3.63) is 12.2 Å². The van der Waals surface area contributed by atoms with Gasteiger partial charge in [-0.05, 0) is 31.3 Å². The van der Waals surface area contributed by atoms with Crippen molar-refractivity contribution in [2.75, 3.05) is 0 Å². The molecule has 0 radical (unpaired) electrons. The summed E-state index contributed by atoms with van der Waals surface area (Å²) in [5, 5.41) is 8.53. The minimum atomic E-state index is -0.721. The van der Waals surface area contributed by atoms with Crippen LogP contribution in [-0.2, 0) is 9.59 Å². The summed E-state index contributed by atoms with van der Waals surface area (Å²) < 4.78 is 0. The molecule has 0 unspecified atom stereocenters. The highest BCUT2D eigenvalue weighted by Crippen LogP contribution is 2.14. The molecule has 0 heterocycles. The quantitative estimate of drug-likeness (QED) is 0.295. The molecule has 0 aromatic rings. The lowest BCUT2D eigenvalue weighted by Crippen LogP contribution is -2.01. The Labute approximate surface area is 136 Å². The largest absolute Gasteiger partial charge is 0.481 e. The molecule has 0 aromatic heterocycles. The number of aliphatic carboxylic acids is 1. The topological polar surface area (TPSA) is 54.4 Å². The second kappa shape index (κ2) is 14.8. The van der Waals surface area contributed by atoms with Crippen LogP contribution in [0.15, 0.2) is 12.2 Å². The third-order valence-corrected chi connectivity index (χ3v) is 4.02. The lowest BCUT2D eigenvalue weighted by Gasteiger charge is -2.05. The van der Waals surface area contributed by atoms with Crippen LogP contribution in [-0.4, -0.2) is 16.9 Å². The van der Waals surface area contributed by atoms with Crippen molar-refractivity contribution in [1.82, 2.24) is 0 Å². The van der Waals surface area contributed by atoms with Gasteiger partial charge in [-0.15, -0.1) is 0 Å². The Morgan fingerprint density at radius 1 is 0.727 bits per heavy atom. The monoisotopic (exact) mass is 310 g/mol. The predicted molar refractivity (Wildman–Crippen MR) is 92.1 cm³/mol. The van der Waals surface area contributed by atoms with E-state index in [1.54, 1.807) is 0 Å². The molecule has 128 valence electrons. The standard InChI is InChI=1S/C19H34O3/c1-3-4-5-6-8-11-14-17(2)18(20)15-12-9-7-10-13-16-19(21)22/h2-16H2,1H3,(H,21,22). The summed E-state index contributed by atoms with van der Waals surface area (Å²) in [6.45, 7) is 6.14. The van der Waals surface area contributed by atoms with Gasteiger partial charge in [0.05, 0.1) is 0 Å². The molecule has 0 amide bonds. The molecule has 3 nitrogen and oxygen atoms in total. The minimum Gasteiger partial charge on any atom is -0.481 e. The van der Waals surface area contributed by atoms with Crippen LogP contribution in [0.4, 0.5) is 0 Å². The van der Waals surface area contributed by atoms with Crippen molar-refractivity contribution in [3.8, 4) is 0 Å².